The zero-order valence-electron chi connectivity index (χ0n) is 50.0. The first-order chi connectivity index (χ1) is 45.3. The van der Waals surface area contributed by atoms with Crippen molar-refractivity contribution >= 4 is 55.0 Å². The van der Waals surface area contributed by atoms with Gasteiger partial charge in [0, 0.05) is 78.4 Å². The van der Waals surface area contributed by atoms with Gasteiger partial charge in [-0.3, -0.25) is 33.4 Å². The molecule has 486 valence electrons. The van der Waals surface area contributed by atoms with Crippen LogP contribution in [0.1, 0.15) is 121 Å². The van der Waals surface area contributed by atoms with E-state index in [4.69, 9.17) is 10.2 Å². The number of benzene rings is 5. The maximum absolute atomic E-state index is 15.1. The third kappa shape index (κ3) is 11.5. The zero-order chi connectivity index (χ0) is 66.7. The molecule has 2 N–H and O–H groups in total. The minimum absolute atomic E-state index is 0.00576. The van der Waals surface area contributed by atoms with Crippen LogP contribution in [0, 0.1) is 5.92 Å². The van der Waals surface area contributed by atoms with Crippen molar-refractivity contribution in [3.63, 3.8) is 0 Å². The molecule has 0 bridgehead atoms. The molecule has 0 saturated heterocycles. The smallest absolute Gasteiger partial charge is 0.330 e. The Morgan fingerprint density at radius 3 is 1.59 bits per heavy atom. The van der Waals surface area contributed by atoms with Crippen molar-refractivity contribution in [2.75, 3.05) is 0 Å². The fourth-order valence-electron chi connectivity index (χ4n) is 13.1. The largest absolute Gasteiger partial charge is 0.451 e. The highest BCUT2D eigenvalue weighted by molar-refractivity contribution is 9.10. The number of carbonyl (C=O) groups is 2. The Bertz CT molecular complexity index is 5030. The molecule has 29 heteroatoms. The minimum Gasteiger partial charge on any atom is -0.330 e. The quantitative estimate of drug-likeness (QED) is 0.111. The number of nitrogens with one attached hydrogen (secondary N) is 2. The summed E-state index contributed by atoms with van der Waals surface area (Å²) in [7, 11) is 0. The van der Waals surface area contributed by atoms with Gasteiger partial charge < -0.3 is 9.80 Å². The summed E-state index contributed by atoms with van der Waals surface area (Å²) < 4.78 is 130. The van der Waals surface area contributed by atoms with Crippen LogP contribution in [0.15, 0.2) is 140 Å². The maximum Gasteiger partial charge on any atom is 0.451 e. The summed E-state index contributed by atoms with van der Waals surface area (Å²) >= 11 is 5.91. The summed E-state index contributed by atoms with van der Waals surface area (Å²) in [6.45, 7) is 3.17. The summed E-state index contributed by atoms with van der Waals surface area (Å²) in [5, 5.41) is 27.1. The van der Waals surface area contributed by atoms with Gasteiger partial charge in [0.15, 0.2) is 5.82 Å². The van der Waals surface area contributed by atoms with E-state index in [1.165, 1.54) is 61.3 Å². The maximum atomic E-state index is 15.1. The highest BCUT2D eigenvalue weighted by Gasteiger charge is 2.40. The van der Waals surface area contributed by atoms with Gasteiger partial charge in [0.05, 0.1) is 65.1 Å². The fraction of sp³-hybridized carbons (Fsp3) is 0.273. The second-order valence-electron chi connectivity index (χ2n) is 24.2. The molecule has 5 aromatic carbocycles. The van der Waals surface area contributed by atoms with Gasteiger partial charge in [-0.1, -0.05) is 87.5 Å². The molecule has 3 aliphatic rings. The number of amides is 2. The fourth-order valence-corrected chi connectivity index (χ4v) is 14.0. The lowest BCUT2D eigenvalue weighted by atomic mass is 9.81. The van der Waals surface area contributed by atoms with Gasteiger partial charge in [0.25, 0.3) is 22.9 Å². The summed E-state index contributed by atoms with van der Waals surface area (Å²) in [6, 6.07) is 26.3. The molecular weight excluding hydrogens is 1380 g/mol. The number of hydrogen-bond acceptors (Lipinski definition) is 10. The molecule has 1 aliphatic carbocycles. The number of aromatic nitrogens is 12. The van der Waals surface area contributed by atoms with Crippen molar-refractivity contribution < 1.29 is 49.1 Å². The van der Waals surface area contributed by atoms with E-state index in [0.717, 1.165) is 54.2 Å². The monoisotopic (exact) mass is 1430 g/mol. The molecule has 1 fully saturated rings. The predicted octanol–water partition coefficient (Wildman–Crippen LogP) is 13.1. The van der Waals surface area contributed by atoms with Crippen molar-refractivity contribution in [1.29, 1.82) is 0 Å². The molecule has 2 amide bonds. The van der Waals surface area contributed by atoms with E-state index in [-0.39, 0.29) is 87.0 Å². The summed E-state index contributed by atoms with van der Waals surface area (Å²) in [5.74, 6) is -2.45. The van der Waals surface area contributed by atoms with Gasteiger partial charge in [-0.05, 0) is 123 Å². The van der Waals surface area contributed by atoms with E-state index < -0.39 is 64.9 Å². The molecule has 2 aliphatic heterocycles. The first kappa shape index (κ1) is 62.9. The Labute approximate surface area is 548 Å². The van der Waals surface area contributed by atoms with Gasteiger partial charge in [-0.25, -0.2) is 14.0 Å². The van der Waals surface area contributed by atoms with Crippen LogP contribution in [0.25, 0.3) is 45.3 Å². The minimum atomic E-state index is -4.78. The van der Waals surface area contributed by atoms with E-state index in [1.807, 2.05) is 53.6 Å². The van der Waals surface area contributed by atoms with E-state index in [2.05, 4.69) is 57.4 Å². The molecule has 18 nitrogen and oxygen atoms in total. The van der Waals surface area contributed by atoms with Crippen LogP contribution in [0.5, 0.6) is 0 Å². The third-order valence-corrected chi connectivity index (χ3v) is 19.5. The lowest BCUT2D eigenvalue weighted by molar-refractivity contribution is -0.144. The van der Waals surface area contributed by atoms with Gasteiger partial charge in [-0.2, -0.15) is 70.2 Å². The lowest BCUT2D eigenvalue weighted by Crippen LogP contribution is -2.46. The molecular formula is C66H51Br2F9N14O4. The standard InChI is InChI=1S/C66H51Br2F9N14O4/c1-33-21-46-53(31-86(33)59(92)40-13-19-50(67)48(27-40)64(69,70)71)90-57(42(29-78-90)24-35-5-3-6-35)88(61(46)94)44-15-9-38(10-16-44)55-52(81-85-82-55)26-37-8-4-7-36(23-37)25-43-30-79-91-54-32-87(60(93)41-14-20-51(68)49(28-41)65(72,73)74)34(2)22-47(54)62(95)89(58(43)91)45-17-11-39(12-18-45)56-80-63(84-83-56)66(75,76)77/h4,7-20,23,27-30,33-35H,3,5-6,21-22,24-26,31-32H2,1-2H3,(H,80,83,84)(H,81,82,85). The first-order valence-corrected chi connectivity index (χ1v) is 31.7. The molecule has 1 saturated carbocycles. The van der Waals surface area contributed by atoms with Crippen LogP contribution in [-0.4, -0.2) is 92.7 Å². The third-order valence-electron chi connectivity index (χ3n) is 18.1. The average molecular weight is 1440 g/mol. The van der Waals surface area contributed by atoms with Gasteiger partial charge in [-0.15, -0.1) is 0 Å². The van der Waals surface area contributed by atoms with Crippen LogP contribution in [0.2, 0.25) is 0 Å². The van der Waals surface area contributed by atoms with Gasteiger partial charge in [0.1, 0.15) is 17.0 Å². The Morgan fingerprint density at radius 2 is 1.09 bits per heavy atom. The van der Waals surface area contributed by atoms with Crippen molar-refractivity contribution in [3.8, 4) is 34.0 Å². The van der Waals surface area contributed by atoms with Crippen LogP contribution in [0.4, 0.5) is 39.5 Å². The molecule has 6 aromatic heterocycles. The number of hydrogen-bond donors (Lipinski definition) is 2. The van der Waals surface area contributed by atoms with Crippen LogP contribution in [0.3, 0.4) is 0 Å². The average Bonchev–Trinajstić information content (AvgIpc) is 1.71. The van der Waals surface area contributed by atoms with E-state index in [1.54, 1.807) is 35.3 Å². The Hall–Kier alpha value is -9.51. The van der Waals surface area contributed by atoms with Crippen molar-refractivity contribution in [1.82, 2.24) is 68.8 Å². The van der Waals surface area contributed by atoms with E-state index >= 15 is 9.59 Å². The highest BCUT2D eigenvalue weighted by atomic mass is 79.9. The molecule has 0 spiro atoms. The van der Waals surface area contributed by atoms with Crippen molar-refractivity contribution in [2.24, 2.45) is 5.92 Å². The molecule has 2 atom stereocenters. The Morgan fingerprint density at radius 1 is 0.589 bits per heavy atom. The molecule has 14 rings (SSSR count). The highest BCUT2D eigenvalue weighted by Crippen LogP contribution is 2.40. The Balaban J connectivity index is 0.768. The van der Waals surface area contributed by atoms with E-state index in [0.29, 0.717) is 68.8 Å². The van der Waals surface area contributed by atoms with Crippen LogP contribution < -0.4 is 11.1 Å². The number of nitrogens with zero attached hydrogens (tertiary/aromatic N) is 12. The van der Waals surface area contributed by atoms with Gasteiger partial charge in [0.2, 0.25) is 5.82 Å². The molecule has 8 heterocycles. The second-order valence-corrected chi connectivity index (χ2v) is 25.9. The number of H-pyrrole nitrogens is 2. The number of halogens is 11. The SMILES string of the molecule is CC1Cc2c(n3ncc(Cc4cccc(Cc5n[nH]nc5-c5ccc(-n6c(=O)c7c(n8ncc(CC9CCC9)c68)CN(C(=O)c6ccc(Br)c(C(F)(F)F)c6)C(C)C7)cc5)c4)c3n(-c3ccc(-c4n[nH]c(C(F)(F)F)n4)cc3)c2=O)CN1C(=O)c1ccc(Br)c(C(F)(F)F)c1. The normalized spacial score (nSPS) is 16.2. The van der Waals surface area contributed by atoms with E-state index in [9.17, 15) is 49.1 Å². The number of rotatable bonds is 12. The molecule has 2 unspecified atom stereocenters. The summed E-state index contributed by atoms with van der Waals surface area (Å²) in [4.78, 5) is 64.9. The topological polar surface area (TPSA) is 202 Å². The summed E-state index contributed by atoms with van der Waals surface area (Å²) in [5.41, 5.74) is 5.01. The van der Waals surface area contributed by atoms with Crippen molar-refractivity contribution in [2.45, 2.75) is 109 Å². The zero-order valence-corrected chi connectivity index (χ0v) is 53.2. The first-order valence-electron chi connectivity index (χ1n) is 30.1. The van der Waals surface area contributed by atoms with Gasteiger partial charge >= 0.3 is 18.5 Å². The second kappa shape index (κ2) is 23.7. The molecule has 11 aromatic rings. The Kier molecular flexibility index (Phi) is 15.7. The number of aromatic amines is 2. The molecule has 0 radical (unpaired) electrons. The lowest BCUT2D eigenvalue weighted by Gasteiger charge is -2.35. The number of carbonyl (C=O) groups excluding carboxylic acids is 2. The number of alkyl halides is 9. The van der Waals surface area contributed by atoms with Crippen molar-refractivity contribution in [3.05, 3.63) is 230 Å². The van der Waals surface area contributed by atoms with Crippen LogP contribution in [-0.2, 0) is 63.7 Å². The predicted molar refractivity (Wildman–Crippen MR) is 335 cm³/mol. The van der Waals surface area contributed by atoms with Crippen LogP contribution >= 0.6 is 31.9 Å². The summed E-state index contributed by atoms with van der Waals surface area (Å²) in [6.07, 6.45) is -6.56. The number of fused-ring (bicyclic) bond motifs is 6. The molecule has 95 heavy (non-hydrogen) atoms.